The number of nitrogen functional groups attached to an aromatic ring is 1. The number of furan rings is 1. The number of ketones is 1. The van der Waals surface area contributed by atoms with Crippen molar-refractivity contribution in [3.05, 3.63) is 48.6 Å². The Bertz CT molecular complexity index is 1200. The molecule has 2 aromatic heterocycles. The van der Waals surface area contributed by atoms with E-state index in [1.54, 1.807) is 43.4 Å². The van der Waals surface area contributed by atoms with Crippen LogP contribution in [-0.4, -0.2) is 73.6 Å². The predicted octanol–water partition coefficient (Wildman–Crippen LogP) is 1.88. The van der Waals surface area contributed by atoms with Gasteiger partial charge in [0, 0.05) is 43.7 Å². The number of carbonyl (C=O) groups excluding carboxylic acids is 2. The molecule has 4 heterocycles. The van der Waals surface area contributed by atoms with E-state index in [1.807, 2.05) is 4.90 Å². The quantitative estimate of drug-likeness (QED) is 0.606. The molecule has 0 bridgehead atoms. The van der Waals surface area contributed by atoms with Gasteiger partial charge in [0.15, 0.2) is 23.0 Å². The van der Waals surface area contributed by atoms with Crippen LogP contribution in [0.4, 0.5) is 11.8 Å². The number of methoxy groups -OCH3 is 2. The number of fused-ring (bicyclic) bond motifs is 1. The molecule has 1 saturated heterocycles. The maximum atomic E-state index is 12.4. The highest BCUT2D eigenvalue weighted by molar-refractivity contribution is 5.93. The van der Waals surface area contributed by atoms with E-state index in [4.69, 9.17) is 19.6 Å². The van der Waals surface area contributed by atoms with Crippen molar-refractivity contribution in [2.45, 2.75) is 0 Å². The van der Waals surface area contributed by atoms with E-state index in [0.29, 0.717) is 66.1 Å². The van der Waals surface area contributed by atoms with Crippen LogP contribution >= 0.6 is 0 Å². The number of hydrogen-bond donors (Lipinski definition) is 1. The van der Waals surface area contributed by atoms with E-state index in [1.165, 1.54) is 18.6 Å². The van der Waals surface area contributed by atoms with Crippen LogP contribution in [-0.2, 0) is 9.53 Å². The Morgan fingerprint density at radius 1 is 1.09 bits per heavy atom. The third-order valence-electron chi connectivity index (χ3n) is 5.38. The average molecular weight is 467 g/mol. The van der Waals surface area contributed by atoms with E-state index in [9.17, 15) is 9.59 Å². The van der Waals surface area contributed by atoms with Crippen LogP contribution in [0, 0.1) is 0 Å². The molecule has 1 aromatic carbocycles. The molecule has 0 saturated carbocycles. The van der Waals surface area contributed by atoms with Gasteiger partial charge in [-0.3, -0.25) is 9.59 Å². The Morgan fingerprint density at radius 2 is 1.82 bits per heavy atom. The number of hydrogen-bond acceptors (Lipinski definition) is 10. The zero-order valence-electron chi connectivity index (χ0n) is 18.9. The maximum Gasteiger partial charge on any atom is 0.289 e. The first-order valence-corrected chi connectivity index (χ1v) is 10.6. The Balaban J connectivity index is 0.000000398. The minimum atomic E-state index is -0.111. The van der Waals surface area contributed by atoms with Crippen molar-refractivity contribution in [2.75, 3.05) is 57.6 Å². The zero-order chi connectivity index (χ0) is 24.1. The number of rotatable bonds is 4. The molecule has 34 heavy (non-hydrogen) atoms. The smallest absolute Gasteiger partial charge is 0.289 e. The van der Waals surface area contributed by atoms with Crippen molar-refractivity contribution >= 4 is 34.4 Å². The van der Waals surface area contributed by atoms with E-state index < -0.39 is 0 Å². The van der Waals surface area contributed by atoms with Crippen molar-refractivity contribution < 1.29 is 28.2 Å². The Labute approximate surface area is 195 Å². The molecule has 3 aromatic rings. The highest BCUT2D eigenvalue weighted by Gasteiger charge is 2.25. The van der Waals surface area contributed by atoms with Gasteiger partial charge in [-0.25, -0.2) is 4.98 Å². The van der Waals surface area contributed by atoms with Gasteiger partial charge in [-0.2, -0.15) is 4.98 Å². The molecule has 11 heteroatoms. The van der Waals surface area contributed by atoms with Gasteiger partial charge in [0.05, 0.1) is 32.3 Å². The lowest BCUT2D eigenvalue weighted by Crippen LogP contribution is -2.49. The van der Waals surface area contributed by atoms with E-state index in [0.717, 1.165) is 0 Å². The summed E-state index contributed by atoms with van der Waals surface area (Å²) in [5.41, 5.74) is 6.84. The van der Waals surface area contributed by atoms with Crippen LogP contribution < -0.4 is 20.1 Å². The summed E-state index contributed by atoms with van der Waals surface area (Å²) in [5, 5.41) is 0.702. The first kappa shape index (κ1) is 22.9. The minimum absolute atomic E-state index is 0.0509. The third-order valence-corrected chi connectivity index (χ3v) is 5.38. The summed E-state index contributed by atoms with van der Waals surface area (Å²) in [6.45, 7) is 2.54. The average Bonchev–Trinajstić information content (AvgIpc) is 3.57. The summed E-state index contributed by atoms with van der Waals surface area (Å²) in [7, 11) is 3.14. The number of aromatic nitrogens is 2. The lowest BCUT2D eigenvalue weighted by atomic mass is 10.2. The number of carbonyl (C=O) groups is 2. The van der Waals surface area contributed by atoms with E-state index in [-0.39, 0.29) is 18.3 Å². The second-order valence-corrected chi connectivity index (χ2v) is 7.47. The van der Waals surface area contributed by atoms with Gasteiger partial charge >= 0.3 is 0 Å². The second kappa shape index (κ2) is 10.1. The lowest BCUT2D eigenvalue weighted by Gasteiger charge is -2.34. The summed E-state index contributed by atoms with van der Waals surface area (Å²) >= 11 is 0. The molecular formula is C23H25N5O6. The molecule has 2 aliphatic rings. The number of anilines is 2. The fourth-order valence-electron chi connectivity index (χ4n) is 3.58. The van der Waals surface area contributed by atoms with Crippen molar-refractivity contribution in [3.63, 3.8) is 0 Å². The highest BCUT2D eigenvalue weighted by Crippen LogP contribution is 2.34. The number of ether oxygens (including phenoxy) is 3. The number of nitrogens with two attached hydrogens (primary N) is 1. The SMILES string of the molecule is COc1cc2nc(N3CCN(C(=O)c4ccco4)CC3)nc(N)c2cc1OC.O=C1C=COC1. The topological polar surface area (TPSA) is 133 Å². The van der Waals surface area contributed by atoms with Crippen LogP contribution in [0.3, 0.4) is 0 Å². The number of piperazine rings is 1. The van der Waals surface area contributed by atoms with Gasteiger partial charge in [0.2, 0.25) is 5.95 Å². The monoisotopic (exact) mass is 467 g/mol. The molecule has 178 valence electrons. The standard InChI is InChI=1S/C19H21N5O4.C4H4O2/c1-26-15-10-12-13(11-16(15)27-2)21-19(22-17(12)20)24-7-5-23(6-8-24)18(25)14-4-3-9-28-14;5-4-1-2-6-3-4/h3-4,9-11H,5-8H2,1-2H3,(H2,20,21,22);1-2H,3H2. The molecule has 1 fully saturated rings. The molecule has 2 aliphatic heterocycles. The Hall–Kier alpha value is -4.28. The summed E-state index contributed by atoms with van der Waals surface area (Å²) in [5.74, 6) is 2.34. The van der Waals surface area contributed by atoms with Crippen LogP contribution in [0.1, 0.15) is 10.6 Å². The van der Waals surface area contributed by atoms with Gasteiger partial charge in [0.1, 0.15) is 12.4 Å². The lowest BCUT2D eigenvalue weighted by molar-refractivity contribution is -0.115. The molecule has 2 N–H and O–H groups in total. The van der Waals surface area contributed by atoms with Crippen LogP contribution in [0.15, 0.2) is 47.3 Å². The van der Waals surface area contributed by atoms with Crippen LogP contribution in [0.5, 0.6) is 11.5 Å². The Morgan fingerprint density at radius 3 is 2.38 bits per heavy atom. The fourth-order valence-corrected chi connectivity index (χ4v) is 3.58. The van der Waals surface area contributed by atoms with Crippen molar-refractivity contribution in [1.82, 2.24) is 14.9 Å². The molecule has 1 amide bonds. The second-order valence-electron chi connectivity index (χ2n) is 7.47. The molecule has 5 rings (SSSR count). The number of nitrogens with zero attached hydrogens (tertiary/aromatic N) is 4. The predicted molar refractivity (Wildman–Crippen MR) is 124 cm³/mol. The third kappa shape index (κ3) is 4.87. The van der Waals surface area contributed by atoms with Crippen molar-refractivity contribution in [1.29, 1.82) is 0 Å². The van der Waals surface area contributed by atoms with E-state index >= 15 is 0 Å². The fraction of sp³-hybridized carbons (Fsp3) is 0.304. The van der Waals surface area contributed by atoms with Gasteiger partial charge < -0.3 is 34.2 Å². The number of amides is 1. The van der Waals surface area contributed by atoms with Crippen molar-refractivity contribution in [2.24, 2.45) is 0 Å². The maximum absolute atomic E-state index is 12.4. The van der Waals surface area contributed by atoms with Gasteiger partial charge in [-0.1, -0.05) is 0 Å². The molecule has 11 nitrogen and oxygen atoms in total. The number of benzene rings is 1. The summed E-state index contributed by atoms with van der Waals surface area (Å²) < 4.78 is 20.4. The van der Waals surface area contributed by atoms with Crippen LogP contribution in [0.2, 0.25) is 0 Å². The van der Waals surface area contributed by atoms with Gasteiger partial charge in [0.25, 0.3) is 5.91 Å². The molecule has 0 aliphatic carbocycles. The minimum Gasteiger partial charge on any atom is -0.493 e. The summed E-state index contributed by atoms with van der Waals surface area (Å²) in [6, 6.07) is 6.93. The molecule has 0 unspecified atom stereocenters. The Kier molecular flexibility index (Phi) is 6.81. The molecule has 0 spiro atoms. The summed E-state index contributed by atoms with van der Waals surface area (Å²) in [6.07, 6.45) is 4.32. The first-order valence-electron chi connectivity index (χ1n) is 10.6. The van der Waals surface area contributed by atoms with E-state index in [2.05, 4.69) is 14.7 Å². The van der Waals surface area contributed by atoms with Crippen LogP contribution in [0.25, 0.3) is 10.9 Å². The normalized spacial score (nSPS) is 15.1. The summed E-state index contributed by atoms with van der Waals surface area (Å²) in [4.78, 5) is 35.3. The van der Waals surface area contributed by atoms with Gasteiger partial charge in [-0.05, 0) is 18.2 Å². The largest absolute Gasteiger partial charge is 0.493 e. The van der Waals surface area contributed by atoms with Gasteiger partial charge in [-0.15, -0.1) is 0 Å². The zero-order valence-corrected chi connectivity index (χ0v) is 18.9. The molecule has 0 atom stereocenters. The molecular weight excluding hydrogens is 442 g/mol. The highest BCUT2D eigenvalue weighted by atomic mass is 16.5. The first-order chi connectivity index (χ1) is 16.5. The molecule has 0 radical (unpaired) electrons. The van der Waals surface area contributed by atoms with Crippen molar-refractivity contribution in [3.8, 4) is 11.5 Å².